The molecule has 7 nitrogen and oxygen atoms in total. The molecule has 1 aromatic carbocycles. The van der Waals surface area contributed by atoms with E-state index in [1.165, 1.54) is 0 Å². The third kappa shape index (κ3) is 4.91. The van der Waals surface area contributed by atoms with Crippen molar-refractivity contribution in [1.82, 2.24) is 15.2 Å². The lowest BCUT2D eigenvalue weighted by Crippen LogP contribution is -2.53. The lowest BCUT2D eigenvalue weighted by molar-refractivity contribution is -0.150. The van der Waals surface area contributed by atoms with Crippen LogP contribution in [0.4, 0.5) is 0 Å². The molecule has 2 fully saturated rings. The Bertz CT molecular complexity index is 849. The van der Waals surface area contributed by atoms with Gasteiger partial charge in [-0.1, -0.05) is 12.1 Å². The molecule has 0 bridgehead atoms. The van der Waals surface area contributed by atoms with E-state index in [9.17, 15) is 4.79 Å². The van der Waals surface area contributed by atoms with Crippen molar-refractivity contribution >= 4 is 16.8 Å². The minimum absolute atomic E-state index is 0.0596. The van der Waals surface area contributed by atoms with E-state index in [-0.39, 0.29) is 11.9 Å². The first-order valence-corrected chi connectivity index (χ1v) is 10.9. The Morgan fingerprint density at radius 1 is 1.30 bits per heavy atom. The fraction of sp³-hybridized carbons (Fsp3) is 0.565. The largest absolute Gasteiger partial charge is 0.493 e. The lowest BCUT2D eigenvalue weighted by atomic mass is 9.90. The molecule has 0 spiro atoms. The summed E-state index contributed by atoms with van der Waals surface area (Å²) < 4.78 is 16.9. The molecule has 0 unspecified atom stereocenters. The fourth-order valence-corrected chi connectivity index (χ4v) is 3.95. The number of carbonyl (C=O) groups excluding carboxylic acids is 1. The average Bonchev–Trinajstić information content (AvgIpc) is 2.75. The van der Waals surface area contributed by atoms with Crippen LogP contribution in [0.5, 0.6) is 5.75 Å². The zero-order chi connectivity index (χ0) is 20.8. The lowest BCUT2D eigenvalue weighted by Gasteiger charge is -2.39. The van der Waals surface area contributed by atoms with Crippen molar-refractivity contribution in [3.05, 3.63) is 36.0 Å². The van der Waals surface area contributed by atoms with Gasteiger partial charge in [-0.15, -0.1) is 0 Å². The van der Waals surface area contributed by atoms with E-state index in [1.807, 2.05) is 35.2 Å². The number of hydrogen-bond donors (Lipinski definition) is 1. The van der Waals surface area contributed by atoms with E-state index < -0.39 is 6.10 Å². The Kier molecular flexibility index (Phi) is 7.15. The number of nitrogens with zero attached hydrogens (tertiary/aromatic N) is 2. The Labute approximate surface area is 177 Å². The highest BCUT2D eigenvalue weighted by Crippen LogP contribution is 2.30. The van der Waals surface area contributed by atoms with Crippen LogP contribution in [0.2, 0.25) is 0 Å². The SMILES string of the molecule is COCCCOc1cc(CN(C(=O)[C@H]2CNCCO2)C2CCC2)nc2ccccc12. The zero-order valence-corrected chi connectivity index (χ0v) is 17.6. The molecule has 1 N–H and O–H groups in total. The van der Waals surface area contributed by atoms with Gasteiger partial charge in [-0.3, -0.25) is 9.78 Å². The molecule has 4 rings (SSSR count). The molecular formula is C23H31N3O4. The third-order valence-electron chi connectivity index (χ3n) is 5.82. The molecule has 7 heteroatoms. The second-order valence-corrected chi connectivity index (χ2v) is 7.94. The third-order valence-corrected chi connectivity index (χ3v) is 5.82. The van der Waals surface area contributed by atoms with E-state index in [2.05, 4.69) is 5.32 Å². The summed E-state index contributed by atoms with van der Waals surface area (Å²) in [5.41, 5.74) is 1.73. The smallest absolute Gasteiger partial charge is 0.253 e. The summed E-state index contributed by atoms with van der Waals surface area (Å²) in [5.74, 6) is 0.868. The summed E-state index contributed by atoms with van der Waals surface area (Å²) in [4.78, 5) is 20.0. The van der Waals surface area contributed by atoms with Gasteiger partial charge >= 0.3 is 0 Å². The van der Waals surface area contributed by atoms with E-state index >= 15 is 0 Å². The summed E-state index contributed by atoms with van der Waals surface area (Å²) in [5, 5.41) is 4.24. The first kappa shape index (κ1) is 21.0. The number of nitrogens with one attached hydrogen (secondary N) is 1. The van der Waals surface area contributed by atoms with Crippen molar-refractivity contribution in [1.29, 1.82) is 0 Å². The number of rotatable bonds is 9. The molecule has 1 aromatic heterocycles. The molecule has 1 amide bonds. The highest BCUT2D eigenvalue weighted by molar-refractivity contribution is 5.85. The molecule has 1 aliphatic heterocycles. The number of hydrogen-bond acceptors (Lipinski definition) is 6. The number of methoxy groups -OCH3 is 1. The maximum absolute atomic E-state index is 13.2. The van der Waals surface area contributed by atoms with E-state index in [0.29, 0.717) is 32.9 Å². The molecule has 2 heterocycles. The number of carbonyl (C=O) groups is 1. The highest BCUT2D eigenvalue weighted by atomic mass is 16.5. The number of pyridine rings is 1. The monoisotopic (exact) mass is 413 g/mol. The van der Waals surface area contributed by atoms with Crippen LogP contribution < -0.4 is 10.1 Å². The first-order valence-electron chi connectivity index (χ1n) is 10.9. The van der Waals surface area contributed by atoms with Crippen LogP contribution in [0.15, 0.2) is 30.3 Å². The number of aromatic nitrogens is 1. The molecule has 1 aliphatic carbocycles. The highest BCUT2D eigenvalue weighted by Gasteiger charge is 2.34. The topological polar surface area (TPSA) is 72.9 Å². The second-order valence-electron chi connectivity index (χ2n) is 7.94. The Hall–Kier alpha value is -2.22. The minimum atomic E-state index is -0.412. The van der Waals surface area contributed by atoms with Gasteiger partial charge in [0.05, 0.1) is 31.0 Å². The summed E-state index contributed by atoms with van der Waals surface area (Å²) in [6.45, 7) is 3.65. The summed E-state index contributed by atoms with van der Waals surface area (Å²) in [6.07, 6.45) is 3.66. The van der Waals surface area contributed by atoms with Crippen LogP contribution in [0.1, 0.15) is 31.4 Å². The normalized spacial score (nSPS) is 19.4. The average molecular weight is 414 g/mol. The minimum Gasteiger partial charge on any atom is -0.493 e. The number of fused-ring (bicyclic) bond motifs is 1. The molecule has 30 heavy (non-hydrogen) atoms. The van der Waals surface area contributed by atoms with Gasteiger partial charge in [0.2, 0.25) is 0 Å². The van der Waals surface area contributed by atoms with Crippen LogP contribution in [0.3, 0.4) is 0 Å². The van der Waals surface area contributed by atoms with Gasteiger partial charge in [-0.25, -0.2) is 0 Å². The van der Waals surface area contributed by atoms with Crippen molar-refractivity contribution in [2.75, 3.05) is 40.0 Å². The van der Waals surface area contributed by atoms with Crippen molar-refractivity contribution in [2.24, 2.45) is 0 Å². The van der Waals surface area contributed by atoms with Crippen molar-refractivity contribution < 1.29 is 19.0 Å². The van der Waals surface area contributed by atoms with Gasteiger partial charge in [-0.05, 0) is 31.4 Å². The van der Waals surface area contributed by atoms with E-state index in [0.717, 1.165) is 54.6 Å². The zero-order valence-electron chi connectivity index (χ0n) is 17.6. The van der Waals surface area contributed by atoms with Gasteiger partial charge in [-0.2, -0.15) is 0 Å². The van der Waals surface area contributed by atoms with Gasteiger partial charge in [0, 0.05) is 50.7 Å². The van der Waals surface area contributed by atoms with Crippen LogP contribution in [-0.2, 0) is 20.8 Å². The number of morpholine rings is 1. The van der Waals surface area contributed by atoms with Crippen LogP contribution in [0, 0.1) is 0 Å². The van der Waals surface area contributed by atoms with E-state index in [1.54, 1.807) is 7.11 Å². The van der Waals surface area contributed by atoms with Gasteiger partial charge in [0.25, 0.3) is 5.91 Å². The molecule has 0 radical (unpaired) electrons. The predicted octanol–water partition coefficient (Wildman–Crippen LogP) is 2.52. The van der Waals surface area contributed by atoms with Gasteiger partial charge in [0.15, 0.2) is 0 Å². The number of para-hydroxylation sites is 1. The van der Waals surface area contributed by atoms with Crippen LogP contribution in [-0.4, -0.2) is 68.0 Å². The second kappa shape index (κ2) is 10.2. The summed E-state index contributed by atoms with van der Waals surface area (Å²) in [7, 11) is 1.69. The number of benzene rings is 1. The van der Waals surface area contributed by atoms with Crippen molar-refractivity contribution in [3.63, 3.8) is 0 Å². The first-order chi connectivity index (χ1) is 14.8. The summed E-state index contributed by atoms with van der Waals surface area (Å²) >= 11 is 0. The molecule has 1 atom stereocenters. The summed E-state index contributed by atoms with van der Waals surface area (Å²) in [6, 6.07) is 10.2. The number of ether oxygens (including phenoxy) is 3. The van der Waals surface area contributed by atoms with Gasteiger partial charge in [0.1, 0.15) is 11.9 Å². The molecular weight excluding hydrogens is 382 g/mol. The molecule has 2 aromatic rings. The van der Waals surface area contributed by atoms with Crippen LogP contribution >= 0.6 is 0 Å². The molecule has 162 valence electrons. The Morgan fingerprint density at radius 3 is 2.90 bits per heavy atom. The standard InChI is InChI=1S/C23H31N3O4/c1-28-11-5-12-29-21-14-17(25-20-9-3-2-8-19(20)21)16-26(18-6-4-7-18)23(27)22-15-24-10-13-30-22/h2-3,8-9,14,18,22,24H,4-7,10-13,15-16H2,1H3/t22-/m1/s1. The Morgan fingerprint density at radius 2 is 2.17 bits per heavy atom. The van der Waals surface area contributed by atoms with Gasteiger partial charge < -0.3 is 24.4 Å². The maximum Gasteiger partial charge on any atom is 0.253 e. The quantitative estimate of drug-likeness (QED) is 0.637. The maximum atomic E-state index is 13.2. The molecule has 1 saturated carbocycles. The van der Waals surface area contributed by atoms with Crippen molar-refractivity contribution in [3.8, 4) is 5.75 Å². The predicted molar refractivity (Wildman–Crippen MR) is 115 cm³/mol. The van der Waals surface area contributed by atoms with E-state index in [4.69, 9.17) is 19.2 Å². The van der Waals surface area contributed by atoms with Crippen LogP contribution in [0.25, 0.3) is 10.9 Å². The molecule has 1 saturated heterocycles. The van der Waals surface area contributed by atoms with Crippen molar-refractivity contribution in [2.45, 2.75) is 44.4 Å². The molecule has 2 aliphatic rings. The number of amides is 1. The fourth-order valence-electron chi connectivity index (χ4n) is 3.95. The Balaban J connectivity index is 1.56.